The fourth-order valence-corrected chi connectivity index (χ4v) is 3.24. The lowest BCUT2D eigenvalue weighted by atomic mass is 9.90. The van der Waals surface area contributed by atoms with Crippen molar-refractivity contribution in [2.24, 2.45) is 0 Å². The molecule has 2 rings (SSSR count). The number of aliphatic hydroxyl groups is 1. The largest absolute Gasteiger partial charge is 0.384 e. The van der Waals surface area contributed by atoms with Gasteiger partial charge in [-0.1, -0.05) is 18.5 Å². The van der Waals surface area contributed by atoms with Crippen LogP contribution in [0.3, 0.4) is 0 Å². The van der Waals surface area contributed by atoms with Gasteiger partial charge in [0.2, 0.25) is 0 Å². The van der Waals surface area contributed by atoms with Crippen molar-refractivity contribution < 1.29 is 5.11 Å². The number of halogens is 1. The van der Waals surface area contributed by atoms with Gasteiger partial charge in [0.25, 0.3) is 0 Å². The first-order valence-electron chi connectivity index (χ1n) is 5.34. The molecule has 1 saturated heterocycles. The van der Waals surface area contributed by atoms with Crippen LogP contribution in [0.4, 0.5) is 0 Å². The van der Waals surface area contributed by atoms with E-state index in [4.69, 9.17) is 11.6 Å². The number of hydrogen-bond donors (Lipinski definition) is 1. The summed E-state index contributed by atoms with van der Waals surface area (Å²) in [5, 5.41) is 10.5. The van der Waals surface area contributed by atoms with Crippen LogP contribution in [0.5, 0.6) is 0 Å². The molecular weight excluding hydrogens is 230 g/mol. The van der Waals surface area contributed by atoms with E-state index in [9.17, 15) is 5.11 Å². The number of nitrogens with zero attached hydrogens (tertiary/aromatic N) is 1. The standard InChI is InChI=1S/C11H16ClNOS/c1-2-13-7-5-11(14,6-8-13)9-3-4-10(12)15-9/h3-4,14H,2,5-8H2,1H3. The Bertz CT molecular complexity index is 331. The number of hydrogen-bond acceptors (Lipinski definition) is 3. The molecule has 0 saturated carbocycles. The summed E-state index contributed by atoms with van der Waals surface area (Å²) in [7, 11) is 0. The summed E-state index contributed by atoms with van der Waals surface area (Å²) in [6.45, 7) is 5.18. The highest BCUT2D eigenvalue weighted by molar-refractivity contribution is 7.16. The maximum atomic E-state index is 10.5. The quantitative estimate of drug-likeness (QED) is 0.866. The van der Waals surface area contributed by atoms with Crippen LogP contribution in [0.2, 0.25) is 4.34 Å². The van der Waals surface area contributed by atoms with Gasteiger partial charge < -0.3 is 10.0 Å². The second kappa shape index (κ2) is 4.42. The van der Waals surface area contributed by atoms with Crippen molar-refractivity contribution >= 4 is 22.9 Å². The van der Waals surface area contributed by atoms with E-state index in [1.54, 1.807) is 0 Å². The van der Waals surface area contributed by atoms with Crippen LogP contribution in [-0.4, -0.2) is 29.6 Å². The molecule has 1 N–H and O–H groups in total. The van der Waals surface area contributed by atoms with Crippen molar-refractivity contribution in [1.82, 2.24) is 4.90 Å². The van der Waals surface area contributed by atoms with Crippen LogP contribution < -0.4 is 0 Å². The maximum Gasteiger partial charge on any atom is 0.101 e. The second-order valence-electron chi connectivity index (χ2n) is 4.07. The zero-order valence-corrected chi connectivity index (χ0v) is 10.4. The van der Waals surface area contributed by atoms with Crippen LogP contribution in [0.15, 0.2) is 12.1 Å². The molecule has 0 aromatic carbocycles. The first-order valence-corrected chi connectivity index (χ1v) is 6.54. The van der Waals surface area contributed by atoms with E-state index in [0.717, 1.165) is 41.7 Å². The molecule has 1 aliphatic rings. The van der Waals surface area contributed by atoms with Crippen molar-refractivity contribution in [3.05, 3.63) is 21.3 Å². The smallest absolute Gasteiger partial charge is 0.101 e. The van der Waals surface area contributed by atoms with Gasteiger partial charge in [-0.25, -0.2) is 0 Å². The van der Waals surface area contributed by atoms with E-state index in [1.165, 1.54) is 11.3 Å². The Morgan fingerprint density at radius 2 is 2.13 bits per heavy atom. The van der Waals surface area contributed by atoms with Crippen LogP contribution >= 0.6 is 22.9 Å². The van der Waals surface area contributed by atoms with Gasteiger partial charge in [-0.3, -0.25) is 0 Å². The Labute approximate surface area is 99.5 Å². The molecule has 0 bridgehead atoms. The van der Waals surface area contributed by atoms with Crippen molar-refractivity contribution in [3.63, 3.8) is 0 Å². The molecule has 0 amide bonds. The van der Waals surface area contributed by atoms with Gasteiger partial charge in [0, 0.05) is 18.0 Å². The van der Waals surface area contributed by atoms with Crippen molar-refractivity contribution in [3.8, 4) is 0 Å². The Morgan fingerprint density at radius 1 is 1.47 bits per heavy atom. The average molecular weight is 246 g/mol. The highest BCUT2D eigenvalue weighted by Gasteiger charge is 2.34. The SMILES string of the molecule is CCN1CCC(O)(c2ccc(Cl)s2)CC1. The molecule has 0 unspecified atom stereocenters. The topological polar surface area (TPSA) is 23.5 Å². The Balaban J connectivity index is 2.09. The summed E-state index contributed by atoms with van der Waals surface area (Å²) in [6.07, 6.45) is 1.63. The minimum absolute atomic E-state index is 0.635. The normalized spacial score (nSPS) is 21.8. The molecule has 1 aromatic rings. The molecule has 0 atom stereocenters. The van der Waals surface area contributed by atoms with E-state index in [1.807, 2.05) is 12.1 Å². The third kappa shape index (κ3) is 2.36. The zero-order valence-electron chi connectivity index (χ0n) is 8.87. The van der Waals surface area contributed by atoms with Crippen molar-refractivity contribution in [2.75, 3.05) is 19.6 Å². The maximum absolute atomic E-state index is 10.5. The highest BCUT2D eigenvalue weighted by Crippen LogP contribution is 2.38. The average Bonchev–Trinajstić information content (AvgIpc) is 2.67. The van der Waals surface area contributed by atoms with E-state index < -0.39 is 5.60 Å². The van der Waals surface area contributed by atoms with Crippen molar-refractivity contribution in [2.45, 2.75) is 25.4 Å². The van der Waals surface area contributed by atoms with E-state index >= 15 is 0 Å². The van der Waals surface area contributed by atoms with Gasteiger partial charge in [-0.2, -0.15) is 0 Å². The minimum atomic E-state index is -0.635. The summed E-state index contributed by atoms with van der Waals surface area (Å²) < 4.78 is 0.761. The molecule has 84 valence electrons. The second-order valence-corrected chi connectivity index (χ2v) is 5.78. The van der Waals surface area contributed by atoms with Gasteiger partial charge in [0.05, 0.1) is 4.34 Å². The summed E-state index contributed by atoms with van der Waals surface area (Å²) in [5.41, 5.74) is -0.635. The van der Waals surface area contributed by atoms with Gasteiger partial charge in [0.15, 0.2) is 0 Å². The predicted molar refractivity (Wildman–Crippen MR) is 64.6 cm³/mol. The Morgan fingerprint density at radius 3 is 2.60 bits per heavy atom. The van der Waals surface area contributed by atoms with Gasteiger partial charge in [-0.15, -0.1) is 11.3 Å². The molecule has 2 nitrogen and oxygen atoms in total. The monoisotopic (exact) mass is 245 g/mol. The Hall–Kier alpha value is -0.0900. The summed E-state index contributed by atoms with van der Waals surface area (Å²) in [6, 6.07) is 3.82. The fourth-order valence-electron chi connectivity index (χ4n) is 2.05. The molecule has 15 heavy (non-hydrogen) atoms. The van der Waals surface area contributed by atoms with Crippen LogP contribution in [0, 0.1) is 0 Å². The van der Waals surface area contributed by atoms with Gasteiger partial charge >= 0.3 is 0 Å². The minimum Gasteiger partial charge on any atom is -0.384 e. The van der Waals surface area contributed by atoms with Gasteiger partial charge in [0.1, 0.15) is 5.60 Å². The van der Waals surface area contributed by atoms with Crippen LogP contribution in [0.1, 0.15) is 24.6 Å². The molecule has 1 fully saturated rings. The van der Waals surface area contributed by atoms with Crippen molar-refractivity contribution in [1.29, 1.82) is 0 Å². The van der Waals surface area contributed by atoms with E-state index in [2.05, 4.69) is 11.8 Å². The lowest BCUT2D eigenvalue weighted by Gasteiger charge is -2.37. The molecule has 2 heterocycles. The summed E-state index contributed by atoms with van der Waals surface area (Å²) in [4.78, 5) is 3.38. The summed E-state index contributed by atoms with van der Waals surface area (Å²) >= 11 is 7.39. The summed E-state index contributed by atoms with van der Waals surface area (Å²) in [5.74, 6) is 0. The van der Waals surface area contributed by atoms with Crippen LogP contribution in [-0.2, 0) is 5.60 Å². The molecular formula is C11H16ClNOS. The first-order chi connectivity index (χ1) is 7.14. The lowest BCUT2D eigenvalue weighted by molar-refractivity contribution is -0.0217. The molecule has 1 aromatic heterocycles. The molecule has 0 aliphatic carbocycles. The first kappa shape index (κ1) is 11.4. The van der Waals surface area contributed by atoms with Crippen LogP contribution in [0.25, 0.3) is 0 Å². The molecule has 0 spiro atoms. The third-order valence-electron chi connectivity index (χ3n) is 3.16. The van der Waals surface area contributed by atoms with E-state index in [0.29, 0.717) is 0 Å². The lowest BCUT2D eigenvalue weighted by Crippen LogP contribution is -2.41. The number of piperidine rings is 1. The third-order valence-corrected chi connectivity index (χ3v) is 4.59. The Kier molecular flexibility index (Phi) is 3.36. The van der Waals surface area contributed by atoms with Gasteiger partial charge in [-0.05, 0) is 31.5 Å². The molecule has 0 radical (unpaired) electrons. The molecule has 4 heteroatoms. The number of rotatable bonds is 2. The fraction of sp³-hybridized carbons (Fsp3) is 0.636. The van der Waals surface area contributed by atoms with E-state index in [-0.39, 0.29) is 0 Å². The molecule has 1 aliphatic heterocycles. The number of thiophene rings is 1. The number of likely N-dealkylation sites (tertiary alicyclic amines) is 1. The highest BCUT2D eigenvalue weighted by atomic mass is 35.5. The zero-order chi connectivity index (χ0) is 10.9. The predicted octanol–water partition coefficient (Wildman–Crippen LogP) is 2.70.